The van der Waals surface area contributed by atoms with Crippen LogP contribution >= 0.6 is 23.7 Å². The Bertz CT molecular complexity index is 708. The summed E-state index contributed by atoms with van der Waals surface area (Å²) in [5.41, 5.74) is 7.39. The van der Waals surface area contributed by atoms with Gasteiger partial charge in [-0.25, -0.2) is 0 Å². The molecule has 0 unspecified atom stereocenters. The van der Waals surface area contributed by atoms with Crippen LogP contribution in [-0.2, 0) is 4.79 Å². The Morgan fingerprint density at radius 1 is 1.20 bits per heavy atom. The van der Waals surface area contributed by atoms with Gasteiger partial charge < -0.3 is 15.5 Å². The lowest BCUT2D eigenvalue weighted by molar-refractivity contribution is -0.130. The summed E-state index contributed by atoms with van der Waals surface area (Å²) in [6.07, 6.45) is 0. The summed E-state index contributed by atoms with van der Waals surface area (Å²) >= 11 is 1.38. The SMILES string of the molecule is CN(CC(=O)N1C[C@@H](N)[C@H](c2ccccc2)C1)C(=O)c1cccs1.Cl. The zero-order valence-corrected chi connectivity index (χ0v) is 15.6. The van der Waals surface area contributed by atoms with Gasteiger partial charge in [0.2, 0.25) is 5.91 Å². The van der Waals surface area contributed by atoms with Crippen molar-refractivity contribution in [2.75, 3.05) is 26.7 Å². The van der Waals surface area contributed by atoms with E-state index >= 15 is 0 Å². The van der Waals surface area contributed by atoms with E-state index in [1.807, 2.05) is 41.8 Å². The molecule has 0 bridgehead atoms. The van der Waals surface area contributed by atoms with Crippen molar-refractivity contribution in [3.8, 4) is 0 Å². The number of hydrogen-bond acceptors (Lipinski definition) is 4. The fraction of sp³-hybridized carbons (Fsp3) is 0.333. The van der Waals surface area contributed by atoms with Gasteiger partial charge in [0.15, 0.2) is 0 Å². The van der Waals surface area contributed by atoms with Gasteiger partial charge in [0.25, 0.3) is 5.91 Å². The van der Waals surface area contributed by atoms with Crippen LogP contribution in [0.25, 0.3) is 0 Å². The summed E-state index contributed by atoms with van der Waals surface area (Å²) < 4.78 is 0. The summed E-state index contributed by atoms with van der Waals surface area (Å²) in [6, 6.07) is 13.6. The molecular formula is C18H22ClN3O2S. The molecular weight excluding hydrogens is 358 g/mol. The molecule has 0 radical (unpaired) electrons. The monoisotopic (exact) mass is 379 g/mol. The number of carbonyl (C=O) groups excluding carboxylic acids is 2. The van der Waals surface area contributed by atoms with Crippen LogP contribution in [0.3, 0.4) is 0 Å². The van der Waals surface area contributed by atoms with E-state index in [-0.39, 0.29) is 42.7 Å². The summed E-state index contributed by atoms with van der Waals surface area (Å²) in [7, 11) is 1.66. The Morgan fingerprint density at radius 2 is 1.92 bits per heavy atom. The molecule has 7 heteroatoms. The van der Waals surface area contributed by atoms with Crippen molar-refractivity contribution < 1.29 is 9.59 Å². The smallest absolute Gasteiger partial charge is 0.264 e. The first-order valence-electron chi connectivity index (χ1n) is 7.93. The zero-order valence-electron chi connectivity index (χ0n) is 14.0. The Labute approximate surface area is 157 Å². The molecule has 1 saturated heterocycles. The fourth-order valence-electron chi connectivity index (χ4n) is 3.05. The summed E-state index contributed by atoms with van der Waals surface area (Å²) in [5.74, 6) is -0.0359. The molecule has 0 saturated carbocycles. The average molecular weight is 380 g/mol. The lowest BCUT2D eigenvalue weighted by atomic mass is 9.95. The highest BCUT2D eigenvalue weighted by molar-refractivity contribution is 7.12. The van der Waals surface area contributed by atoms with Gasteiger partial charge in [0, 0.05) is 32.1 Å². The Hall–Kier alpha value is -1.89. The number of nitrogens with two attached hydrogens (primary N) is 1. The molecule has 5 nitrogen and oxygen atoms in total. The highest BCUT2D eigenvalue weighted by Crippen LogP contribution is 2.26. The quantitative estimate of drug-likeness (QED) is 0.885. The number of benzene rings is 1. The third kappa shape index (κ3) is 4.39. The third-order valence-electron chi connectivity index (χ3n) is 4.40. The molecule has 0 spiro atoms. The van der Waals surface area contributed by atoms with Crippen molar-refractivity contribution >= 4 is 35.6 Å². The van der Waals surface area contributed by atoms with Crippen LogP contribution < -0.4 is 5.73 Å². The molecule has 2 atom stereocenters. The molecule has 2 heterocycles. The molecule has 1 aliphatic heterocycles. The van der Waals surface area contributed by atoms with E-state index in [0.29, 0.717) is 18.0 Å². The van der Waals surface area contributed by atoms with Crippen molar-refractivity contribution in [2.24, 2.45) is 5.73 Å². The second-order valence-corrected chi connectivity index (χ2v) is 7.07. The summed E-state index contributed by atoms with van der Waals surface area (Å²) in [6.45, 7) is 1.20. The Balaban J connectivity index is 0.00000225. The number of halogens is 1. The minimum atomic E-state index is -0.124. The molecule has 1 aromatic carbocycles. The average Bonchev–Trinajstić information content (AvgIpc) is 3.24. The van der Waals surface area contributed by atoms with Crippen LogP contribution in [0.4, 0.5) is 0 Å². The van der Waals surface area contributed by atoms with Crippen LogP contribution in [0.5, 0.6) is 0 Å². The molecule has 1 fully saturated rings. The highest BCUT2D eigenvalue weighted by atomic mass is 35.5. The van der Waals surface area contributed by atoms with Crippen molar-refractivity contribution in [3.05, 3.63) is 58.3 Å². The molecule has 2 N–H and O–H groups in total. The van der Waals surface area contributed by atoms with E-state index in [9.17, 15) is 9.59 Å². The molecule has 1 aromatic heterocycles. The van der Waals surface area contributed by atoms with Gasteiger partial charge in [-0.3, -0.25) is 9.59 Å². The Morgan fingerprint density at radius 3 is 2.56 bits per heavy atom. The minimum absolute atomic E-state index is 0. The molecule has 134 valence electrons. The normalized spacial score (nSPS) is 19.4. The van der Waals surface area contributed by atoms with Crippen LogP contribution in [0.1, 0.15) is 21.2 Å². The molecule has 25 heavy (non-hydrogen) atoms. The van der Waals surface area contributed by atoms with Crippen LogP contribution in [0.15, 0.2) is 47.8 Å². The van der Waals surface area contributed by atoms with E-state index in [1.165, 1.54) is 16.2 Å². The van der Waals surface area contributed by atoms with E-state index < -0.39 is 0 Å². The van der Waals surface area contributed by atoms with Gasteiger partial charge >= 0.3 is 0 Å². The minimum Gasteiger partial charge on any atom is -0.339 e. The zero-order chi connectivity index (χ0) is 17.1. The van der Waals surface area contributed by atoms with Crippen LogP contribution in [0, 0.1) is 0 Å². The largest absolute Gasteiger partial charge is 0.339 e. The van der Waals surface area contributed by atoms with Crippen molar-refractivity contribution in [1.29, 1.82) is 0 Å². The number of nitrogens with zero attached hydrogens (tertiary/aromatic N) is 2. The van der Waals surface area contributed by atoms with E-state index in [0.717, 1.165) is 5.56 Å². The van der Waals surface area contributed by atoms with Crippen LogP contribution in [-0.4, -0.2) is 54.3 Å². The first-order chi connectivity index (χ1) is 11.6. The number of likely N-dealkylation sites (N-methyl/N-ethyl adjacent to an activating group) is 1. The molecule has 2 aromatic rings. The predicted molar refractivity (Wildman–Crippen MR) is 102 cm³/mol. The third-order valence-corrected chi connectivity index (χ3v) is 5.25. The number of hydrogen-bond donors (Lipinski definition) is 1. The number of thiophene rings is 1. The molecule has 0 aliphatic carbocycles. The van der Waals surface area contributed by atoms with Gasteiger partial charge in [-0.1, -0.05) is 36.4 Å². The fourth-order valence-corrected chi connectivity index (χ4v) is 3.77. The standard InChI is InChI=1S/C18H21N3O2S.ClH/c1-20(18(23)16-8-5-9-24-16)12-17(22)21-10-14(15(19)11-21)13-6-3-2-4-7-13;/h2-9,14-15H,10-12,19H2,1H3;1H/t14-,15+;/m0./s1. The van der Waals surface area contributed by atoms with E-state index in [2.05, 4.69) is 0 Å². The second kappa shape index (κ2) is 8.47. The second-order valence-electron chi connectivity index (χ2n) is 6.12. The topological polar surface area (TPSA) is 66.6 Å². The number of likely N-dealkylation sites (tertiary alicyclic amines) is 1. The number of rotatable bonds is 4. The maximum Gasteiger partial charge on any atom is 0.264 e. The van der Waals surface area contributed by atoms with Gasteiger partial charge in [-0.15, -0.1) is 23.7 Å². The van der Waals surface area contributed by atoms with E-state index in [4.69, 9.17) is 5.73 Å². The first kappa shape index (κ1) is 19.4. The van der Waals surface area contributed by atoms with E-state index in [1.54, 1.807) is 18.0 Å². The lowest BCUT2D eigenvalue weighted by Crippen LogP contribution is -2.40. The molecule has 2 amide bonds. The molecule has 1 aliphatic rings. The van der Waals surface area contributed by atoms with Crippen molar-refractivity contribution in [1.82, 2.24) is 9.80 Å². The van der Waals surface area contributed by atoms with Crippen LogP contribution in [0.2, 0.25) is 0 Å². The van der Waals surface area contributed by atoms with Gasteiger partial charge in [-0.2, -0.15) is 0 Å². The van der Waals surface area contributed by atoms with Gasteiger partial charge in [-0.05, 0) is 17.0 Å². The number of amides is 2. The van der Waals surface area contributed by atoms with Crippen molar-refractivity contribution in [3.63, 3.8) is 0 Å². The van der Waals surface area contributed by atoms with Gasteiger partial charge in [0.1, 0.15) is 0 Å². The lowest BCUT2D eigenvalue weighted by Gasteiger charge is -2.21. The maximum atomic E-state index is 12.5. The van der Waals surface area contributed by atoms with Gasteiger partial charge in [0.05, 0.1) is 11.4 Å². The Kier molecular flexibility index (Phi) is 6.58. The highest BCUT2D eigenvalue weighted by Gasteiger charge is 2.34. The maximum absolute atomic E-state index is 12.5. The molecule has 3 rings (SSSR count). The predicted octanol–water partition coefficient (Wildman–Crippen LogP) is 2.20. The summed E-state index contributed by atoms with van der Waals surface area (Å²) in [5, 5.41) is 1.85. The van der Waals surface area contributed by atoms with Crippen molar-refractivity contribution in [2.45, 2.75) is 12.0 Å². The number of carbonyl (C=O) groups is 2. The summed E-state index contributed by atoms with van der Waals surface area (Å²) in [4.78, 5) is 28.7. The first-order valence-corrected chi connectivity index (χ1v) is 8.81.